The van der Waals surface area contributed by atoms with Crippen molar-refractivity contribution >= 4 is 17.7 Å². The van der Waals surface area contributed by atoms with Crippen LogP contribution in [0.3, 0.4) is 0 Å². The fraction of sp³-hybridized carbons (Fsp3) is 0.889. The van der Waals surface area contributed by atoms with Crippen molar-refractivity contribution in [3.8, 4) is 0 Å². The molecule has 0 aromatic rings. The van der Waals surface area contributed by atoms with Crippen molar-refractivity contribution in [2.45, 2.75) is 37.9 Å². The monoisotopic (exact) mass is 188 g/mol. The molecule has 2 atom stereocenters. The maximum atomic E-state index is 10.9. The van der Waals surface area contributed by atoms with Gasteiger partial charge in [-0.2, -0.15) is 11.8 Å². The summed E-state index contributed by atoms with van der Waals surface area (Å²) >= 11 is 1.84. The first-order valence-electron chi connectivity index (χ1n) is 4.60. The van der Waals surface area contributed by atoms with Gasteiger partial charge in [-0.05, 0) is 25.0 Å². The lowest BCUT2D eigenvalue weighted by atomic mass is 9.97. The Morgan fingerprint density at radius 1 is 1.75 bits per heavy atom. The Bertz CT molecular complexity index is 153. The van der Waals surface area contributed by atoms with E-state index < -0.39 is 5.97 Å². The summed E-state index contributed by atoms with van der Waals surface area (Å²) in [6, 6.07) is 0. The molecule has 1 rings (SSSR count). The third-order valence-corrected chi connectivity index (χ3v) is 3.85. The predicted molar refractivity (Wildman–Crippen MR) is 51.5 cm³/mol. The van der Waals surface area contributed by atoms with E-state index in [1.807, 2.05) is 11.8 Å². The van der Waals surface area contributed by atoms with Gasteiger partial charge in [-0.15, -0.1) is 0 Å². The zero-order valence-electron chi connectivity index (χ0n) is 7.45. The Hall–Kier alpha value is -0.180. The highest BCUT2D eigenvalue weighted by Crippen LogP contribution is 2.34. The maximum absolute atomic E-state index is 10.9. The van der Waals surface area contributed by atoms with Gasteiger partial charge in [-0.1, -0.05) is 13.3 Å². The molecule has 2 nitrogen and oxygen atoms in total. The van der Waals surface area contributed by atoms with Gasteiger partial charge in [0.15, 0.2) is 0 Å². The lowest BCUT2D eigenvalue weighted by Crippen LogP contribution is -2.23. The second-order valence-electron chi connectivity index (χ2n) is 3.28. The zero-order valence-corrected chi connectivity index (χ0v) is 8.27. The molecule has 1 saturated heterocycles. The largest absolute Gasteiger partial charge is 0.481 e. The van der Waals surface area contributed by atoms with Gasteiger partial charge in [0.25, 0.3) is 0 Å². The summed E-state index contributed by atoms with van der Waals surface area (Å²) in [6.45, 7) is 2.05. The highest BCUT2D eigenvalue weighted by atomic mass is 32.2. The van der Waals surface area contributed by atoms with Crippen LogP contribution in [0.5, 0.6) is 0 Å². The molecule has 0 bridgehead atoms. The van der Waals surface area contributed by atoms with Crippen LogP contribution in [0.1, 0.15) is 32.6 Å². The molecule has 0 aromatic carbocycles. The number of rotatable bonds is 4. The number of hydrogen-bond donors (Lipinski definition) is 1. The summed E-state index contributed by atoms with van der Waals surface area (Å²) < 4.78 is 0. The Balaban J connectivity index is 2.45. The molecule has 1 fully saturated rings. The van der Waals surface area contributed by atoms with Gasteiger partial charge in [0.1, 0.15) is 0 Å². The highest BCUT2D eigenvalue weighted by molar-refractivity contribution is 8.00. The molecule has 0 spiro atoms. The molecule has 0 saturated carbocycles. The van der Waals surface area contributed by atoms with Crippen LogP contribution < -0.4 is 0 Å². The first kappa shape index (κ1) is 9.90. The molecule has 1 heterocycles. The molecule has 70 valence electrons. The normalized spacial score (nSPS) is 25.6. The summed E-state index contributed by atoms with van der Waals surface area (Å²) in [5.74, 6) is 0.455. The summed E-state index contributed by atoms with van der Waals surface area (Å²) in [4.78, 5) is 10.9. The van der Waals surface area contributed by atoms with Crippen LogP contribution in [0.4, 0.5) is 0 Å². The molecule has 0 aromatic heterocycles. The van der Waals surface area contributed by atoms with E-state index in [1.54, 1.807) is 0 Å². The lowest BCUT2D eigenvalue weighted by molar-refractivity contribution is -0.141. The van der Waals surface area contributed by atoms with Gasteiger partial charge in [0.05, 0.1) is 5.92 Å². The molecule has 0 aliphatic carbocycles. The molecule has 1 N–H and O–H groups in total. The van der Waals surface area contributed by atoms with Gasteiger partial charge >= 0.3 is 5.97 Å². The summed E-state index contributed by atoms with van der Waals surface area (Å²) in [5.41, 5.74) is 0. The third-order valence-electron chi connectivity index (χ3n) is 2.33. The predicted octanol–water partition coefficient (Wildman–Crippen LogP) is 2.38. The highest BCUT2D eigenvalue weighted by Gasteiger charge is 2.29. The van der Waals surface area contributed by atoms with Crippen molar-refractivity contribution < 1.29 is 9.90 Å². The van der Waals surface area contributed by atoms with Gasteiger partial charge in [0.2, 0.25) is 0 Å². The van der Waals surface area contributed by atoms with E-state index in [0.29, 0.717) is 5.25 Å². The number of aliphatic carboxylic acids is 1. The number of hydrogen-bond acceptors (Lipinski definition) is 2. The topological polar surface area (TPSA) is 37.3 Å². The molecular weight excluding hydrogens is 172 g/mol. The van der Waals surface area contributed by atoms with Crippen LogP contribution in [-0.4, -0.2) is 22.1 Å². The quantitative estimate of drug-likeness (QED) is 0.736. The van der Waals surface area contributed by atoms with E-state index in [0.717, 1.165) is 25.0 Å². The van der Waals surface area contributed by atoms with E-state index in [4.69, 9.17) is 5.11 Å². The Morgan fingerprint density at radius 2 is 2.50 bits per heavy atom. The van der Waals surface area contributed by atoms with Crippen molar-refractivity contribution in [2.75, 3.05) is 5.75 Å². The van der Waals surface area contributed by atoms with Crippen LogP contribution in [0.15, 0.2) is 0 Å². The van der Waals surface area contributed by atoms with Crippen LogP contribution in [0, 0.1) is 5.92 Å². The molecule has 3 heteroatoms. The molecule has 0 radical (unpaired) electrons. The minimum absolute atomic E-state index is 0.0949. The summed E-state index contributed by atoms with van der Waals surface area (Å²) in [5, 5.41) is 9.34. The van der Waals surface area contributed by atoms with Crippen molar-refractivity contribution in [3.63, 3.8) is 0 Å². The summed E-state index contributed by atoms with van der Waals surface area (Å²) in [7, 11) is 0. The van der Waals surface area contributed by atoms with Crippen molar-refractivity contribution in [1.29, 1.82) is 0 Å². The molecule has 2 unspecified atom stereocenters. The first-order chi connectivity index (χ1) is 5.75. The van der Waals surface area contributed by atoms with Crippen LogP contribution in [-0.2, 0) is 4.79 Å². The van der Waals surface area contributed by atoms with Crippen LogP contribution in [0.2, 0.25) is 0 Å². The van der Waals surface area contributed by atoms with Crippen molar-refractivity contribution in [1.82, 2.24) is 0 Å². The minimum atomic E-state index is -0.601. The van der Waals surface area contributed by atoms with Crippen LogP contribution in [0.25, 0.3) is 0 Å². The molecule has 0 amide bonds. The molecular formula is C9H16O2S. The number of carboxylic acid groups (broad SMARTS) is 1. The maximum Gasteiger partial charge on any atom is 0.307 e. The molecule has 1 aliphatic heterocycles. The average molecular weight is 188 g/mol. The smallest absolute Gasteiger partial charge is 0.307 e. The first-order valence-corrected chi connectivity index (χ1v) is 5.65. The van der Waals surface area contributed by atoms with Gasteiger partial charge in [-0.25, -0.2) is 0 Å². The van der Waals surface area contributed by atoms with Crippen LogP contribution >= 0.6 is 11.8 Å². The number of carbonyl (C=O) groups is 1. The second kappa shape index (κ2) is 4.75. The van der Waals surface area contributed by atoms with Gasteiger partial charge in [-0.3, -0.25) is 4.79 Å². The Kier molecular flexibility index (Phi) is 3.92. The van der Waals surface area contributed by atoms with E-state index in [9.17, 15) is 4.79 Å². The Morgan fingerprint density at radius 3 is 2.92 bits per heavy atom. The number of thioether (sulfide) groups is 1. The third kappa shape index (κ3) is 2.41. The van der Waals surface area contributed by atoms with Gasteiger partial charge < -0.3 is 5.11 Å². The lowest BCUT2D eigenvalue weighted by Gasteiger charge is -2.17. The zero-order chi connectivity index (χ0) is 8.97. The fourth-order valence-corrected chi connectivity index (χ4v) is 3.15. The number of carboxylic acids is 1. The van der Waals surface area contributed by atoms with Crippen molar-refractivity contribution in [3.05, 3.63) is 0 Å². The van der Waals surface area contributed by atoms with Gasteiger partial charge in [0, 0.05) is 5.25 Å². The van der Waals surface area contributed by atoms with E-state index in [2.05, 4.69) is 6.92 Å². The summed E-state index contributed by atoms with van der Waals surface area (Å²) in [6.07, 6.45) is 4.12. The van der Waals surface area contributed by atoms with E-state index >= 15 is 0 Å². The SMILES string of the molecule is CCCC(C(=O)O)C1CCCS1. The molecule has 12 heavy (non-hydrogen) atoms. The average Bonchev–Trinajstić information content (AvgIpc) is 2.51. The minimum Gasteiger partial charge on any atom is -0.481 e. The van der Waals surface area contributed by atoms with Crippen molar-refractivity contribution in [2.24, 2.45) is 5.92 Å². The second-order valence-corrected chi connectivity index (χ2v) is 4.63. The van der Waals surface area contributed by atoms with E-state index in [1.165, 1.54) is 6.42 Å². The molecule has 1 aliphatic rings. The fourth-order valence-electron chi connectivity index (χ4n) is 1.70. The standard InChI is InChI=1S/C9H16O2S/c1-2-4-7(9(10)11)8-5-3-6-12-8/h7-8H,2-6H2,1H3,(H,10,11). The Labute approximate surface area is 77.7 Å². The van der Waals surface area contributed by atoms with E-state index in [-0.39, 0.29) is 5.92 Å².